The number of thiocarbonyl (C=S) groups is 1. The molecule has 1 saturated heterocycles. The minimum Gasteiger partial charge on any atom is -0.354 e. The maximum atomic E-state index is 14.3. The van der Waals surface area contributed by atoms with Crippen LogP contribution in [-0.4, -0.2) is 11.0 Å². The van der Waals surface area contributed by atoms with Gasteiger partial charge in [0, 0.05) is 16.9 Å². The molecular weight excluding hydrogens is 363 g/mol. The van der Waals surface area contributed by atoms with Gasteiger partial charge in [0.1, 0.15) is 23.4 Å². The van der Waals surface area contributed by atoms with E-state index >= 15 is 0 Å². The van der Waals surface area contributed by atoms with Gasteiger partial charge in [0.15, 0.2) is 5.11 Å². The molecule has 0 bridgehead atoms. The Kier molecular flexibility index (Phi) is 4.94. The Morgan fingerprint density at radius 2 is 1.69 bits per heavy atom. The minimum atomic E-state index is -1.09. The summed E-state index contributed by atoms with van der Waals surface area (Å²) in [5.74, 6) is -3.70. The highest BCUT2D eigenvalue weighted by Crippen LogP contribution is 2.33. The van der Waals surface area contributed by atoms with Crippen molar-refractivity contribution in [3.05, 3.63) is 77.8 Å². The zero-order valence-electron chi connectivity index (χ0n) is 13.4. The molecule has 4 nitrogen and oxygen atoms in total. The van der Waals surface area contributed by atoms with Crippen LogP contribution in [0, 0.1) is 23.4 Å². The van der Waals surface area contributed by atoms with Crippen LogP contribution in [0.25, 0.3) is 0 Å². The smallest absolute Gasteiger partial charge is 0.235 e. The molecule has 1 amide bonds. The Balaban J connectivity index is 1.95. The monoisotopic (exact) mass is 377 g/mol. The summed E-state index contributed by atoms with van der Waals surface area (Å²) >= 11 is 5.03. The van der Waals surface area contributed by atoms with Crippen LogP contribution in [0.5, 0.6) is 0 Å². The van der Waals surface area contributed by atoms with Crippen LogP contribution in [0.2, 0.25) is 0 Å². The van der Waals surface area contributed by atoms with Gasteiger partial charge in [-0.2, -0.15) is 0 Å². The van der Waals surface area contributed by atoms with E-state index in [0.29, 0.717) is 5.69 Å². The Labute approximate surface area is 153 Å². The molecule has 0 aliphatic carbocycles. The molecule has 8 heteroatoms. The van der Waals surface area contributed by atoms with Gasteiger partial charge in [0.2, 0.25) is 5.91 Å². The van der Waals surface area contributed by atoms with Crippen LogP contribution in [0.4, 0.5) is 18.9 Å². The third kappa shape index (κ3) is 3.55. The van der Waals surface area contributed by atoms with E-state index in [1.54, 1.807) is 0 Å². The summed E-state index contributed by atoms with van der Waals surface area (Å²) in [5, 5.41) is 8.13. The normalized spacial score (nSPS) is 19.5. The molecule has 26 heavy (non-hydrogen) atoms. The molecule has 2 atom stereocenters. The van der Waals surface area contributed by atoms with E-state index in [-0.39, 0.29) is 16.4 Å². The first-order valence-corrected chi connectivity index (χ1v) is 8.04. The number of benzene rings is 2. The molecule has 1 fully saturated rings. The Morgan fingerprint density at radius 1 is 1.08 bits per heavy atom. The highest BCUT2D eigenvalue weighted by atomic mass is 32.1. The highest BCUT2D eigenvalue weighted by Gasteiger charge is 2.39. The summed E-state index contributed by atoms with van der Waals surface area (Å²) in [6.45, 7) is 3.75. The minimum absolute atomic E-state index is 0.105. The lowest BCUT2D eigenvalue weighted by Crippen LogP contribution is -2.52. The van der Waals surface area contributed by atoms with Gasteiger partial charge in [-0.15, -0.1) is 0 Å². The molecule has 1 aliphatic rings. The summed E-state index contributed by atoms with van der Waals surface area (Å²) < 4.78 is 41.5. The first-order valence-electron chi connectivity index (χ1n) is 7.63. The van der Waals surface area contributed by atoms with Gasteiger partial charge >= 0.3 is 0 Å². The van der Waals surface area contributed by atoms with Crippen molar-refractivity contribution in [3.8, 4) is 0 Å². The van der Waals surface area contributed by atoms with Crippen molar-refractivity contribution in [1.82, 2.24) is 10.6 Å². The summed E-state index contributed by atoms with van der Waals surface area (Å²) in [6, 6.07) is 7.47. The second-order valence-electron chi connectivity index (χ2n) is 5.71. The van der Waals surface area contributed by atoms with Crippen molar-refractivity contribution in [1.29, 1.82) is 0 Å². The number of carbonyl (C=O) groups excluding carboxylic acids is 1. The lowest BCUT2D eigenvalue weighted by molar-refractivity contribution is -0.119. The first-order chi connectivity index (χ1) is 12.4. The zero-order chi connectivity index (χ0) is 18.8. The molecule has 1 heterocycles. The van der Waals surface area contributed by atoms with Crippen molar-refractivity contribution in [2.75, 3.05) is 5.32 Å². The number of halogens is 3. The van der Waals surface area contributed by atoms with E-state index in [1.807, 2.05) is 0 Å². The number of amides is 1. The van der Waals surface area contributed by atoms with E-state index in [9.17, 15) is 18.0 Å². The number of nitrogens with one attached hydrogen (secondary N) is 3. The number of hydrogen-bond donors (Lipinski definition) is 3. The van der Waals surface area contributed by atoms with Crippen molar-refractivity contribution < 1.29 is 18.0 Å². The molecule has 1 aliphatic heterocycles. The van der Waals surface area contributed by atoms with Crippen LogP contribution >= 0.6 is 12.2 Å². The fraction of sp³-hybridized carbons (Fsp3) is 0.111. The van der Waals surface area contributed by atoms with E-state index in [2.05, 4.69) is 22.5 Å². The molecule has 0 aromatic heterocycles. The quantitative estimate of drug-likeness (QED) is 0.718. The lowest BCUT2D eigenvalue weighted by Gasteiger charge is -2.35. The third-order valence-electron chi connectivity index (χ3n) is 3.97. The highest BCUT2D eigenvalue weighted by molar-refractivity contribution is 7.80. The lowest BCUT2D eigenvalue weighted by atomic mass is 9.87. The molecule has 3 rings (SSSR count). The van der Waals surface area contributed by atoms with Gasteiger partial charge in [0.25, 0.3) is 0 Å². The molecule has 2 aromatic rings. The standard InChI is InChI=1S/C18H14F3N3OS/c1-9-14(17(25)23-11-7-5-10(19)6-8-11)16(24-18(26)22-9)15-12(20)3-2-4-13(15)21/h2-8,14,16H,1H2,(H,23,25)(H2,22,24,26)/t14-,16-/m1/s1. The molecule has 0 saturated carbocycles. The van der Waals surface area contributed by atoms with Gasteiger partial charge in [-0.05, 0) is 48.6 Å². The second kappa shape index (κ2) is 7.17. The van der Waals surface area contributed by atoms with Crippen LogP contribution in [0.3, 0.4) is 0 Å². The predicted molar refractivity (Wildman–Crippen MR) is 95.6 cm³/mol. The van der Waals surface area contributed by atoms with Crippen LogP contribution < -0.4 is 16.0 Å². The number of carbonyl (C=O) groups is 1. The van der Waals surface area contributed by atoms with Crippen LogP contribution in [0.15, 0.2) is 54.7 Å². The van der Waals surface area contributed by atoms with Crippen molar-refractivity contribution in [3.63, 3.8) is 0 Å². The topological polar surface area (TPSA) is 53.2 Å². The molecular formula is C18H14F3N3OS. The largest absolute Gasteiger partial charge is 0.354 e. The summed E-state index contributed by atoms with van der Waals surface area (Å²) in [4.78, 5) is 12.7. The predicted octanol–water partition coefficient (Wildman–Crippen LogP) is 3.39. The van der Waals surface area contributed by atoms with Crippen LogP contribution in [0.1, 0.15) is 11.6 Å². The van der Waals surface area contributed by atoms with E-state index in [4.69, 9.17) is 12.2 Å². The fourth-order valence-corrected chi connectivity index (χ4v) is 3.05. The third-order valence-corrected chi connectivity index (χ3v) is 4.19. The summed E-state index contributed by atoms with van der Waals surface area (Å²) in [6.07, 6.45) is 0. The summed E-state index contributed by atoms with van der Waals surface area (Å²) in [5.41, 5.74) is 0.225. The van der Waals surface area contributed by atoms with Gasteiger partial charge in [0.05, 0.1) is 6.04 Å². The summed E-state index contributed by atoms with van der Waals surface area (Å²) in [7, 11) is 0. The molecule has 0 radical (unpaired) electrons. The van der Waals surface area contributed by atoms with E-state index in [0.717, 1.165) is 12.1 Å². The van der Waals surface area contributed by atoms with Crippen molar-refractivity contribution >= 4 is 28.9 Å². The number of hydrogen-bond acceptors (Lipinski definition) is 2. The average Bonchev–Trinajstić information content (AvgIpc) is 2.56. The average molecular weight is 377 g/mol. The molecule has 0 spiro atoms. The fourth-order valence-electron chi connectivity index (χ4n) is 2.79. The molecule has 0 unspecified atom stereocenters. The zero-order valence-corrected chi connectivity index (χ0v) is 14.2. The maximum absolute atomic E-state index is 14.3. The van der Waals surface area contributed by atoms with Gasteiger partial charge in [-0.25, -0.2) is 13.2 Å². The molecule has 3 N–H and O–H groups in total. The molecule has 134 valence electrons. The van der Waals surface area contributed by atoms with Crippen LogP contribution in [-0.2, 0) is 4.79 Å². The molecule has 2 aromatic carbocycles. The van der Waals surface area contributed by atoms with E-state index in [1.165, 1.54) is 30.3 Å². The number of anilines is 1. The van der Waals surface area contributed by atoms with E-state index < -0.39 is 35.3 Å². The second-order valence-corrected chi connectivity index (χ2v) is 6.12. The van der Waals surface area contributed by atoms with Gasteiger partial charge in [-0.3, -0.25) is 4.79 Å². The Bertz CT molecular complexity index is 866. The van der Waals surface area contributed by atoms with Crippen molar-refractivity contribution in [2.24, 2.45) is 5.92 Å². The Morgan fingerprint density at radius 3 is 2.31 bits per heavy atom. The van der Waals surface area contributed by atoms with Crippen molar-refractivity contribution in [2.45, 2.75) is 6.04 Å². The SMILES string of the molecule is C=C1NC(=S)N[C@@H](c2c(F)cccc2F)[C@@H]1C(=O)Nc1ccc(F)cc1. The maximum Gasteiger partial charge on any atom is 0.235 e. The Hall–Kier alpha value is -2.87. The number of rotatable bonds is 3. The van der Waals surface area contributed by atoms with Gasteiger partial charge < -0.3 is 16.0 Å². The van der Waals surface area contributed by atoms with Gasteiger partial charge in [-0.1, -0.05) is 12.6 Å². The first kappa shape index (κ1) is 17.9.